The second-order valence-electron chi connectivity index (χ2n) is 3.69. The number of nitrogens with zero attached hydrogens (tertiary/aromatic N) is 2. The van der Waals surface area contributed by atoms with E-state index in [0.29, 0.717) is 16.1 Å². The lowest BCUT2D eigenvalue weighted by Gasteiger charge is -2.09. The van der Waals surface area contributed by atoms with Crippen molar-refractivity contribution in [3.8, 4) is 6.07 Å². The van der Waals surface area contributed by atoms with Gasteiger partial charge in [0.25, 0.3) is 0 Å². The van der Waals surface area contributed by atoms with E-state index < -0.39 is 5.92 Å². The number of ketones is 1. The summed E-state index contributed by atoms with van der Waals surface area (Å²) < 4.78 is 0. The Morgan fingerprint density at radius 1 is 1.28 bits per heavy atom. The van der Waals surface area contributed by atoms with Crippen LogP contribution in [0.3, 0.4) is 0 Å². The number of hydrogen-bond donors (Lipinski definition) is 0. The van der Waals surface area contributed by atoms with Crippen molar-refractivity contribution in [1.29, 1.82) is 5.26 Å². The molecule has 0 aliphatic carbocycles. The lowest BCUT2D eigenvalue weighted by atomic mass is 9.92. The molecule has 1 aromatic carbocycles. The largest absolute Gasteiger partial charge is 0.292 e. The minimum absolute atomic E-state index is 0.293. The van der Waals surface area contributed by atoms with Gasteiger partial charge in [0.05, 0.1) is 6.07 Å². The molecule has 3 nitrogen and oxygen atoms in total. The zero-order valence-corrected chi connectivity index (χ0v) is 10.1. The second-order valence-corrected chi connectivity index (χ2v) is 4.10. The van der Waals surface area contributed by atoms with Crippen molar-refractivity contribution in [2.24, 2.45) is 0 Å². The van der Waals surface area contributed by atoms with Crippen LogP contribution < -0.4 is 0 Å². The summed E-state index contributed by atoms with van der Waals surface area (Å²) in [6.45, 7) is 0. The summed E-state index contributed by atoms with van der Waals surface area (Å²) in [5.41, 5.74) is 0.930. The summed E-state index contributed by atoms with van der Waals surface area (Å²) in [6.07, 6.45) is 3.02. The Bertz CT molecular complexity index is 605. The first-order valence-corrected chi connectivity index (χ1v) is 5.70. The molecule has 0 N–H and O–H groups in total. The number of carbonyl (C=O) groups excluding carboxylic acids is 1. The number of benzene rings is 1. The first-order valence-electron chi connectivity index (χ1n) is 5.32. The normalized spacial score (nSPS) is 11.6. The molecule has 0 amide bonds. The smallest absolute Gasteiger partial charge is 0.186 e. The maximum absolute atomic E-state index is 12.2. The van der Waals surface area contributed by atoms with Gasteiger partial charge in [0.15, 0.2) is 5.78 Å². The van der Waals surface area contributed by atoms with Gasteiger partial charge in [-0.15, -0.1) is 0 Å². The Morgan fingerprint density at radius 2 is 2.06 bits per heavy atom. The Kier molecular flexibility index (Phi) is 3.71. The summed E-state index contributed by atoms with van der Waals surface area (Å²) >= 11 is 6.01. The number of halogens is 1. The zero-order chi connectivity index (χ0) is 13.0. The van der Waals surface area contributed by atoms with Gasteiger partial charge in [0.1, 0.15) is 5.92 Å². The molecule has 1 heterocycles. The molecule has 0 bridgehead atoms. The van der Waals surface area contributed by atoms with Gasteiger partial charge in [-0.1, -0.05) is 29.8 Å². The SMILES string of the molecule is N#C[C@H](C(=O)c1cccnc1)c1ccccc1Cl. The van der Waals surface area contributed by atoms with Crippen LogP contribution in [-0.4, -0.2) is 10.8 Å². The van der Waals surface area contributed by atoms with Crippen LogP contribution in [0.1, 0.15) is 21.8 Å². The van der Waals surface area contributed by atoms with Crippen LogP contribution in [-0.2, 0) is 0 Å². The molecule has 2 rings (SSSR count). The predicted molar refractivity (Wildman–Crippen MR) is 68.4 cm³/mol. The number of pyridine rings is 1. The van der Waals surface area contributed by atoms with E-state index in [2.05, 4.69) is 4.98 Å². The lowest BCUT2D eigenvalue weighted by Crippen LogP contribution is -2.11. The Labute approximate surface area is 110 Å². The van der Waals surface area contributed by atoms with Crippen LogP contribution >= 0.6 is 11.6 Å². The molecule has 0 aliphatic heterocycles. The van der Waals surface area contributed by atoms with Crippen molar-refractivity contribution in [1.82, 2.24) is 4.98 Å². The van der Waals surface area contributed by atoms with Crippen LogP contribution in [0, 0.1) is 11.3 Å². The van der Waals surface area contributed by atoms with Crippen molar-refractivity contribution in [3.05, 3.63) is 64.9 Å². The molecule has 18 heavy (non-hydrogen) atoms. The molecule has 0 spiro atoms. The molecule has 1 aromatic heterocycles. The van der Waals surface area contributed by atoms with Crippen LogP contribution in [0.25, 0.3) is 0 Å². The number of nitriles is 1. The highest BCUT2D eigenvalue weighted by molar-refractivity contribution is 6.31. The van der Waals surface area contributed by atoms with E-state index in [0.717, 1.165) is 0 Å². The fourth-order valence-electron chi connectivity index (χ4n) is 1.65. The Balaban J connectivity index is 2.40. The number of carbonyl (C=O) groups is 1. The van der Waals surface area contributed by atoms with Gasteiger partial charge >= 0.3 is 0 Å². The molecule has 1 atom stereocenters. The summed E-state index contributed by atoms with van der Waals surface area (Å²) in [4.78, 5) is 16.1. The van der Waals surface area contributed by atoms with E-state index in [1.807, 2.05) is 6.07 Å². The van der Waals surface area contributed by atoms with Gasteiger partial charge in [-0.2, -0.15) is 5.26 Å². The number of aromatic nitrogens is 1. The van der Waals surface area contributed by atoms with Gasteiger partial charge < -0.3 is 0 Å². The number of rotatable bonds is 3. The second kappa shape index (κ2) is 5.44. The highest BCUT2D eigenvalue weighted by atomic mass is 35.5. The van der Waals surface area contributed by atoms with E-state index in [9.17, 15) is 10.1 Å². The summed E-state index contributed by atoms with van der Waals surface area (Å²) in [7, 11) is 0. The first-order chi connectivity index (χ1) is 8.74. The van der Waals surface area contributed by atoms with Crippen LogP contribution in [0.4, 0.5) is 0 Å². The fraction of sp³-hybridized carbons (Fsp3) is 0.0714. The van der Waals surface area contributed by atoms with E-state index in [4.69, 9.17) is 11.6 Å². The average molecular weight is 257 g/mol. The van der Waals surface area contributed by atoms with Crippen LogP contribution in [0.15, 0.2) is 48.8 Å². The third kappa shape index (κ3) is 2.39. The van der Waals surface area contributed by atoms with Gasteiger partial charge in [0.2, 0.25) is 0 Å². The molecule has 0 saturated heterocycles. The van der Waals surface area contributed by atoms with E-state index in [1.54, 1.807) is 42.6 Å². The molecule has 0 fully saturated rings. The number of hydrogen-bond acceptors (Lipinski definition) is 3. The molecule has 0 radical (unpaired) electrons. The van der Waals surface area contributed by atoms with Crippen molar-refractivity contribution in [2.75, 3.05) is 0 Å². The van der Waals surface area contributed by atoms with Crippen LogP contribution in [0.5, 0.6) is 0 Å². The van der Waals surface area contributed by atoms with Gasteiger partial charge in [-0.25, -0.2) is 0 Å². The summed E-state index contributed by atoms with van der Waals surface area (Å²) in [6, 6.07) is 12.2. The monoisotopic (exact) mass is 256 g/mol. The van der Waals surface area contributed by atoms with E-state index >= 15 is 0 Å². The quantitative estimate of drug-likeness (QED) is 0.793. The first kappa shape index (κ1) is 12.3. The predicted octanol–water partition coefficient (Wildman–Crippen LogP) is 3.23. The molecule has 4 heteroatoms. The maximum atomic E-state index is 12.2. The number of Topliss-reactive ketones (excluding diaryl/α,β-unsaturated/α-hetero) is 1. The fourth-order valence-corrected chi connectivity index (χ4v) is 1.90. The van der Waals surface area contributed by atoms with Crippen LogP contribution in [0.2, 0.25) is 5.02 Å². The molecule has 0 unspecified atom stereocenters. The zero-order valence-electron chi connectivity index (χ0n) is 9.38. The molecule has 2 aromatic rings. The lowest BCUT2D eigenvalue weighted by molar-refractivity contribution is 0.0978. The van der Waals surface area contributed by atoms with E-state index in [1.165, 1.54) is 6.20 Å². The van der Waals surface area contributed by atoms with E-state index in [-0.39, 0.29) is 5.78 Å². The highest BCUT2D eigenvalue weighted by Gasteiger charge is 2.23. The molecule has 0 saturated carbocycles. The standard InChI is InChI=1S/C14H9ClN2O/c15-13-6-2-1-5-11(13)12(8-16)14(18)10-4-3-7-17-9-10/h1-7,9,12H/t12-/m0/s1. The molecule has 88 valence electrons. The van der Waals surface area contributed by atoms with Gasteiger partial charge in [0, 0.05) is 23.0 Å². The van der Waals surface area contributed by atoms with Crippen molar-refractivity contribution >= 4 is 17.4 Å². The molecule has 0 aliphatic rings. The molecular formula is C14H9ClN2O. The minimum Gasteiger partial charge on any atom is -0.292 e. The van der Waals surface area contributed by atoms with Crippen molar-refractivity contribution in [3.63, 3.8) is 0 Å². The van der Waals surface area contributed by atoms with Crippen molar-refractivity contribution in [2.45, 2.75) is 5.92 Å². The third-order valence-electron chi connectivity index (χ3n) is 2.55. The minimum atomic E-state index is -0.900. The van der Waals surface area contributed by atoms with Gasteiger partial charge in [-0.05, 0) is 23.8 Å². The third-order valence-corrected chi connectivity index (χ3v) is 2.90. The highest BCUT2D eigenvalue weighted by Crippen LogP contribution is 2.26. The van der Waals surface area contributed by atoms with Gasteiger partial charge in [-0.3, -0.25) is 9.78 Å². The topological polar surface area (TPSA) is 53.8 Å². The summed E-state index contributed by atoms with van der Waals surface area (Å²) in [5.74, 6) is -1.19. The Morgan fingerprint density at radius 3 is 2.67 bits per heavy atom. The summed E-state index contributed by atoms with van der Waals surface area (Å²) in [5, 5.41) is 9.60. The maximum Gasteiger partial charge on any atom is 0.186 e. The Hall–Kier alpha value is -2.18. The average Bonchev–Trinajstić information content (AvgIpc) is 2.42. The van der Waals surface area contributed by atoms with Crippen molar-refractivity contribution < 1.29 is 4.79 Å². The molecular weight excluding hydrogens is 248 g/mol.